The predicted octanol–water partition coefficient (Wildman–Crippen LogP) is 1.53. The molecular formula is C13H20N2O2S. The number of hydrogen-bond donors (Lipinski definition) is 2. The van der Waals surface area contributed by atoms with Crippen LogP contribution in [0.4, 0.5) is 0 Å². The van der Waals surface area contributed by atoms with Crippen molar-refractivity contribution in [1.82, 2.24) is 4.72 Å². The number of nitrogens with one attached hydrogen (secondary N) is 1. The molecule has 1 aromatic carbocycles. The molecule has 1 aliphatic carbocycles. The molecule has 2 rings (SSSR count). The summed E-state index contributed by atoms with van der Waals surface area (Å²) < 4.78 is 27.1. The zero-order valence-corrected chi connectivity index (χ0v) is 11.6. The molecule has 0 aromatic heterocycles. The highest BCUT2D eigenvalue weighted by Gasteiger charge is 2.38. The van der Waals surface area contributed by atoms with Crippen molar-refractivity contribution >= 4 is 10.0 Å². The van der Waals surface area contributed by atoms with E-state index in [1.165, 1.54) is 0 Å². The van der Waals surface area contributed by atoms with E-state index < -0.39 is 10.0 Å². The third-order valence-corrected chi connectivity index (χ3v) is 5.09. The first-order chi connectivity index (χ1) is 8.47. The van der Waals surface area contributed by atoms with E-state index in [4.69, 9.17) is 5.73 Å². The minimum atomic E-state index is -3.39. The van der Waals surface area contributed by atoms with Crippen molar-refractivity contribution in [3.63, 3.8) is 0 Å². The summed E-state index contributed by atoms with van der Waals surface area (Å²) in [5, 5.41) is 0. The van der Waals surface area contributed by atoms with Gasteiger partial charge in [0.25, 0.3) is 0 Å². The topological polar surface area (TPSA) is 72.2 Å². The lowest BCUT2D eigenvalue weighted by atomic mass is 10.1. The van der Waals surface area contributed by atoms with E-state index in [9.17, 15) is 8.42 Å². The lowest BCUT2D eigenvalue weighted by Crippen LogP contribution is -2.27. The smallest absolute Gasteiger partial charge is 0.240 e. The number of sulfonamides is 1. The average Bonchev–Trinajstić information content (AvgIpc) is 3.07. The summed E-state index contributed by atoms with van der Waals surface area (Å²) in [4.78, 5) is 0.315. The van der Waals surface area contributed by atoms with E-state index in [0.29, 0.717) is 17.4 Å². The van der Waals surface area contributed by atoms with E-state index >= 15 is 0 Å². The third-order valence-electron chi connectivity index (χ3n) is 3.60. The fourth-order valence-electron chi connectivity index (χ4n) is 2.15. The van der Waals surface area contributed by atoms with Gasteiger partial charge in [-0.15, -0.1) is 0 Å². The second-order valence-corrected chi connectivity index (χ2v) is 6.64. The second kappa shape index (κ2) is 4.99. The molecule has 1 saturated carbocycles. The van der Waals surface area contributed by atoms with Gasteiger partial charge in [0.2, 0.25) is 10.0 Å². The fourth-order valence-corrected chi connectivity index (χ4v) is 3.51. The van der Waals surface area contributed by atoms with Gasteiger partial charge in [0.15, 0.2) is 0 Å². The maximum absolute atomic E-state index is 12.2. The summed E-state index contributed by atoms with van der Waals surface area (Å²) in [6.07, 6.45) is 1.97. The third kappa shape index (κ3) is 2.74. The van der Waals surface area contributed by atoms with Gasteiger partial charge >= 0.3 is 0 Å². The monoisotopic (exact) mass is 268 g/mol. The summed E-state index contributed by atoms with van der Waals surface area (Å²) >= 11 is 0. The van der Waals surface area contributed by atoms with Gasteiger partial charge in [0.1, 0.15) is 0 Å². The Bertz CT molecular complexity index is 540. The van der Waals surface area contributed by atoms with Crippen molar-refractivity contribution in [1.29, 1.82) is 0 Å². The van der Waals surface area contributed by atoms with Crippen LogP contribution >= 0.6 is 0 Å². The molecular weight excluding hydrogens is 248 g/mol. The molecule has 0 saturated heterocycles. The molecule has 2 unspecified atom stereocenters. The summed E-state index contributed by atoms with van der Waals surface area (Å²) in [7, 11) is -3.39. The van der Waals surface area contributed by atoms with E-state index in [0.717, 1.165) is 24.0 Å². The molecule has 0 heterocycles. The first-order valence-corrected chi connectivity index (χ1v) is 7.78. The molecule has 3 N–H and O–H groups in total. The highest BCUT2D eigenvalue weighted by molar-refractivity contribution is 7.89. The Hall–Kier alpha value is -0.910. The fraction of sp³-hybridized carbons (Fsp3) is 0.538. The molecule has 1 fully saturated rings. The number of benzene rings is 1. The molecule has 0 radical (unpaired) electrons. The SMILES string of the molecule is CCC1CC1NS(=O)(=O)c1ccc(C)c(CN)c1. The highest BCUT2D eigenvalue weighted by Crippen LogP contribution is 2.34. The van der Waals surface area contributed by atoms with Crippen LogP contribution in [0.2, 0.25) is 0 Å². The molecule has 2 atom stereocenters. The van der Waals surface area contributed by atoms with Gasteiger partial charge in [-0.1, -0.05) is 19.4 Å². The van der Waals surface area contributed by atoms with Crippen molar-refractivity contribution in [3.8, 4) is 0 Å². The Balaban J connectivity index is 2.19. The summed E-state index contributed by atoms with van der Waals surface area (Å²) in [5.41, 5.74) is 7.50. The zero-order chi connectivity index (χ0) is 13.3. The van der Waals surface area contributed by atoms with E-state index in [2.05, 4.69) is 11.6 Å². The summed E-state index contributed by atoms with van der Waals surface area (Å²) in [6, 6.07) is 5.23. The first kappa shape index (κ1) is 13.5. The Kier molecular flexibility index (Phi) is 3.75. The van der Waals surface area contributed by atoms with Crippen molar-refractivity contribution in [3.05, 3.63) is 29.3 Å². The van der Waals surface area contributed by atoms with Gasteiger partial charge < -0.3 is 5.73 Å². The molecule has 0 bridgehead atoms. The molecule has 18 heavy (non-hydrogen) atoms. The maximum atomic E-state index is 12.2. The van der Waals surface area contributed by atoms with Gasteiger partial charge in [-0.2, -0.15) is 0 Å². The summed E-state index contributed by atoms with van der Waals surface area (Å²) in [6.45, 7) is 4.37. The molecule has 4 nitrogen and oxygen atoms in total. The number of nitrogens with two attached hydrogens (primary N) is 1. The van der Waals surface area contributed by atoms with Crippen LogP contribution in [0.15, 0.2) is 23.1 Å². The van der Waals surface area contributed by atoms with Crippen LogP contribution in [0.3, 0.4) is 0 Å². The standard InChI is InChI=1S/C13H20N2O2S/c1-3-10-7-13(10)15-18(16,17)12-5-4-9(2)11(6-12)8-14/h4-6,10,13,15H,3,7-8,14H2,1-2H3. The first-order valence-electron chi connectivity index (χ1n) is 6.30. The van der Waals surface area contributed by atoms with Crippen molar-refractivity contribution < 1.29 is 8.42 Å². The van der Waals surface area contributed by atoms with Gasteiger partial charge in [0, 0.05) is 12.6 Å². The molecule has 0 spiro atoms. The molecule has 100 valence electrons. The van der Waals surface area contributed by atoms with Crippen molar-refractivity contribution in [2.45, 2.75) is 44.2 Å². The van der Waals surface area contributed by atoms with Crippen LogP contribution in [0.25, 0.3) is 0 Å². The van der Waals surface area contributed by atoms with Gasteiger partial charge in [-0.3, -0.25) is 0 Å². The van der Waals surface area contributed by atoms with Crippen molar-refractivity contribution in [2.75, 3.05) is 0 Å². The van der Waals surface area contributed by atoms with Crippen molar-refractivity contribution in [2.24, 2.45) is 11.7 Å². The van der Waals surface area contributed by atoms with Crippen LogP contribution in [0.5, 0.6) is 0 Å². The molecule has 0 aliphatic heterocycles. The van der Waals surface area contributed by atoms with Gasteiger partial charge in [-0.25, -0.2) is 13.1 Å². The van der Waals surface area contributed by atoms with Crippen LogP contribution < -0.4 is 10.5 Å². The van der Waals surface area contributed by atoms with E-state index in [1.54, 1.807) is 18.2 Å². The van der Waals surface area contributed by atoms with Crippen LogP contribution in [-0.2, 0) is 16.6 Å². The number of hydrogen-bond acceptors (Lipinski definition) is 3. The zero-order valence-electron chi connectivity index (χ0n) is 10.8. The van der Waals surface area contributed by atoms with Gasteiger partial charge in [-0.05, 0) is 42.5 Å². The lowest BCUT2D eigenvalue weighted by molar-refractivity contribution is 0.575. The Morgan fingerprint density at radius 3 is 2.72 bits per heavy atom. The van der Waals surface area contributed by atoms with E-state index in [1.807, 2.05) is 6.92 Å². The largest absolute Gasteiger partial charge is 0.326 e. The maximum Gasteiger partial charge on any atom is 0.240 e. The van der Waals surface area contributed by atoms with Gasteiger partial charge in [0.05, 0.1) is 4.90 Å². The Morgan fingerprint density at radius 2 is 2.17 bits per heavy atom. The van der Waals surface area contributed by atoms with Crippen LogP contribution in [0.1, 0.15) is 30.9 Å². The molecule has 1 aromatic rings. The minimum absolute atomic E-state index is 0.114. The predicted molar refractivity (Wildman–Crippen MR) is 71.6 cm³/mol. The van der Waals surface area contributed by atoms with E-state index in [-0.39, 0.29) is 6.04 Å². The average molecular weight is 268 g/mol. The number of rotatable bonds is 5. The quantitative estimate of drug-likeness (QED) is 0.850. The van der Waals surface area contributed by atoms with Crippen LogP contribution in [-0.4, -0.2) is 14.5 Å². The second-order valence-electron chi connectivity index (χ2n) is 4.92. The molecule has 5 heteroatoms. The lowest BCUT2D eigenvalue weighted by Gasteiger charge is -2.09. The Morgan fingerprint density at radius 1 is 1.44 bits per heavy atom. The summed E-state index contributed by atoms with van der Waals surface area (Å²) in [5.74, 6) is 0.499. The van der Waals surface area contributed by atoms with Crippen LogP contribution in [0, 0.1) is 12.8 Å². The normalized spacial score (nSPS) is 23.1. The Labute approximate surface area is 109 Å². The molecule has 1 aliphatic rings. The highest BCUT2D eigenvalue weighted by atomic mass is 32.2. The minimum Gasteiger partial charge on any atom is -0.326 e. The molecule has 0 amide bonds. The number of aryl methyl sites for hydroxylation is 1.